The molecule has 1 saturated carbocycles. The molecule has 0 unspecified atom stereocenters. The molecule has 6 heteroatoms. The van der Waals surface area contributed by atoms with Gasteiger partial charge in [0.25, 0.3) is 0 Å². The number of hydrogen-bond acceptors (Lipinski definition) is 5. The molecule has 1 aromatic carbocycles. The first-order valence-electron chi connectivity index (χ1n) is 11.9. The number of carbonyl (C=O) groups excluding carboxylic acids is 1. The normalized spacial score (nSPS) is 22.0. The van der Waals surface area contributed by atoms with E-state index in [1.54, 1.807) is 7.11 Å². The number of benzene rings is 1. The highest BCUT2D eigenvalue weighted by atomic mass is 16.5. The third kappa shape index (κ3) is 7.14. The van der Waals surface area contributed by atoms with Crippen molar-refractivity contribution in [1.29, 1.82) is 5.26 Å². The molecule has 1 heterocycles. The summed E-state index contributed by atoms with van der Waals surface area (Å²) < 4.78 is 5.57. The Labute approximate surface area is 187 Å². The van der Waals surface area contributed by atoms with Crippen LogP contribution in [0.15, 0.2) is 18.2 Å². The van der Waals surface area contributed by atoms with Gasteiger partial charge in [0.1, 0.15) is 5.75 Å². The zero-order chi connectivity index (χ0) is 22.1. The molecule has 2 aliphatic rings. The summed E-state index contributed by atoms with van der Waals surface area (Å²) in [5.74, 6) is 1.86. The van der Waals surface area contributed by atoms with E-state index in [0.717, 1.165) is 50.7 Å². The summed E-state index contributed by atoms with van der Waals surface area (Å²) in [5, 5.41) is 11.7. The Morgan fingerprint density at radius 3 is 2.61 bits per heavy atom. The largest absolute Gasteiger partial charge is 0.495 e. The number of rotatable bonds is 9. The van der Waals surface area contributed by atoms with Crippen molar-refractivity contribution < 1.29 is 9.53 Å². The van der Waals surface area contributed by atoms with Gasteiger partial charge in [0, 0.05) is 45.1 Å². The number of amides is 1. The topological polar surface area (TPSA) is 68.6 Å². The van der Waals surface area contributed by atoms with Crippen LogP contribution in [0.25, 0.3) is 0 Å². The second-order valence-electron chi connectivity index (χ2n) is 9.09. The molecule has 170 valence electrons. The number of ether oxygens (including phenoxy) is 1. The molecule has 2 fully saturated rings. The molecular weight excluding hydrogens is 388 g/mol. The van der Waals surface area contributed by atoms with Crippen molar-refractivity contribution in [2.45, 2.75) is 64.3 Å². The number of nitrogens with zero attached hydrogens (tertiary/aromatic N) is 3. The minimum Gasteiger partial charge on any atom is -0.495 e. The lowest BCUT2D eigenvalue weighted by Crippen LogP contribution is -2.47. The van der Waals surface area contributed by atoms with Gasteiger partial charge in [-0.2, -0.15) is 5.26 Å². The Bertz CT molecular complexity index is 744. The van der Waals surface area contributed by atoms with Crippen molar-refractivity contribution in [2.75, 3.05) is 44.7 Å². The highest BCUT2D eigenvalue weighted by molar-refractivity contribution is 5.76. The monoisotopic (exact) mass is 426 g/mol. The van der Waals surface area contributed by atoms with Gasteiger partial charge in [-0.15, -0.1) is 0 Å². The third-order valence-corrected chi connectivity index (χ3v) is 6.81. The van der Waals surface area contributed by atoms with Crippen LogP contribution in [0.2, 0.25) is 0 Å². The molecule has 1 N–H and O–H groups in total. The van der Waals surface area contributed by atoms with Crippen LogP contribution in [-0.2, 0) is 4.79 Å². The Hall–Kier alpha value is -2.26. The van der Waals surface area contributed by atoms with Crippen molar-refractivity contribution in [1.82, 2.24) is 10.2 Å². The van der Waals surface area contributed by atoms with E-state index in [1.807, 2.05) is 0 Å². The predicted molar refractivity (Wildman–Crippen MR) is 124 cm³/mol. The first-order valence-corrected chi connectivity index (χ1v) is 11.9. The molecule has 0 bridgehead atoms. The molecule has 1 amide bonds. The Morgan fingerprint density at radius 2 is 1.94 bits per heavy atom. The van der Waals surface area contributed by atoms with Crippen LogP contribution in [0.1, 0.15) is 56.9 Å². The Morgan fingerprint density at radius 1 is 1.19 bits per heavy atom. The maximum atomic E-state index is 11.9. The summed E-state index contributed by atoms with van der Waals surface area (Å²) in [5.41, 5.74) is 2.49. The van der Waals surface area contributed by atoms with Gasteiger partial charge in [-0.05, 0) is 75.6 Å². The van der Waals surface area contributed by atoms with Crippen LogP contribution in [0.5, 0.6) is 5.75 Å². The van der Waals surface area contributed by atoms with Crippen LogP contribution < -0.4 is 15.0 Å². The Balaban J connectivity index is 1.33. The van der Waals surface area contributed by atoms with Crippen molar-refractivity contribution in [3.05, 3.63) is 23.8 Å². The Kier molecular flexibility index (Phi) is 9.02. The number of aryl methyl sites for hydroxylation is 1. The van der Waals surface area contributed by atoms with Crippen LogP contribution in [0.3, 0.4) is 0 Å². The quantitative estimate of drug-likeness (QED) is 0.607. The number of unbranched alkanes of at least 4 members (excludes halogenated alkanes) is 1. The van der Waals surface area contributed by atoms with E-state index < -0.39 is 0 Å². The maximum absolute atomic E-state index is 11.9. The summed E-state index contributed by atoms with van der Waals surface area (Å²) in [6.45, 7) is 7.61. The first-order chi connectivity index (χ1) is 15.1. The van der Waals surface area contributed by atoms with E-state index in [0.29, 0.717) is 25.3 Å². The van der Waals surface area contributed by atoms with Crippen molar-refractivity contribution >= 4 is 11.6 Å². The van der Waals surface area contributed by atoms with Gasteiger partial charge < -0.3 is 15.0 Å². The van der Waals surface area contributed by atoms with Gasteiger partial charge in [-0.25, -0.2) is 0 Å². The fourth-order valence-corrected chi connectivity index (χ4v) is 4.85. The van der Waals surface area contributed by atoms with Crippen LogP contribution in [0.4, 0.5) is 5.69 Å². The molecular formula is C25H38N4O2. The molecule has 1 aliphatic carbocycles. The highest BCUT2D eigenvalue weighted by Crippen LogP contribution is 2.31. The lowest BCUT2D eigenvalue weighted by Gasteiger charge is -2.37. The zero-order valence-corrected chi connectivity index (χ0v) is 19.2. The number of nitriles is 1. The van der Waals surface area contributed by atoms with Crippen molar-refractivity contribution in [3.63, 3.8) is 0 Å². The second kappa shape index (κ2) is 12.0. The van der Waals surface area contributed by atoms with E-state index in [-0.39, 0.29) is 5.91 Å². The maximum Gasteiger partial charge on any atom is 0.220 e. The van der Waals surface area contributed by atoms with E-state index >= 15 is 0 Å². The van der Waals surface area contributed by atoms with Crippen molar-refractivity contribution in [2.24, 2.45) is 5.92 Å². The fourth-order valence-electron chi connectivity index (χ4n) is 4.85. The summed E-state index contributed by atoms with van der Waals surface area (Å²) in [7, 11) is 1.75. The van der Waals surface area contributed by atoms with E-state index in [2.05, 4.69) is 46.3 Å². The molecule has 0 atom stereocenters. The van der Waals surface area contributed by atoms with Gasteiger partial charge in [-0.3, -0.25) is 9.69 Å². The summed E-state index contributed by atoms with van der Waals surface area (Å²) >= 11 is 0. The SMILES string of the molecule is COc1ccc(C)cc1N1CCN(CCC2CCC(NC(=O)CCCC#N)CC2)CC1. The number of carbonyl (C=O) groups is 1. The average Bonchev–Trinajstić information content (AvgIpc) is 2.79. The van der Waals surface area contributed by atoms with Crippen LogP contribution >= 0.6 is 0 Å². The van der Waals surface area contributed by atoms with Gasteiger partial charge in [0.05, 0.1) is 18.9 Å². The second-order valence-corrected chi connectivity index (χ2v) is 9.09. The molecule has 1 aromatic rings. The van der Waals surface area contributed by atoms with E-state index in [9.17, 15) is 4.79 Å². The predicted octanol–water partition coefficient (Wildman–Crippen LogP) is 3.88. The molecule has 0 spiro atoms. The molecule has 0 aromatic heterocycles. The van der Waals surface area contributed by atoms with Gasteiger partial charge >= 0.3 is 0 Å². The van der Waals surface area contributed by atoms with E-state index in [4.69, 9.17) is 10.00 Å². The average molecular weight is 427 g/mol. The van der Waals surface area contributed by atoms with Gasteiger partial charge in [-0.1, -0.05) is 6.07 Å². The molecule has 0 radical (unpaired) electrons. The number of nitrogens with one attached hydrogen (secondary N) is 1. The third-order valence-electron chi connectivity index (χ3n) is 6.81. The zero-order valence-electron chi connectivity index (χ0n) is 19.2. The molecule has 1 aliphatic heterocycles. The standard InChI is InChI=1S/C25H38N4O2/c1-20-6-11-24(31-2)23(19-20)29-17-15-28(16-18-29)14-12-21-7-9-22(10-8-21)27-25(30)5-3-4-13-26/h6,11,19,21-22H,3-5,7-10,12,14-18H2,1-2H3,(H,27,30). The summed E-state index contributed by atoms with van der Waals surface area (Å²) in [6, 6.07) is 8.84. The van der Waals surface area contributed by atoms with Crippen molar-refractivity contribution in [3.8, 4) is 11.8 Å². The summed E-state index contributed by atoms with van der Waals surface area (Å²) in [6.07, 6.45) is 7.48. The molecule has 6 nitrogen and oxygen atoms in total. The highest BCUT2D eigenvalue weighted by Gasteiger charge is 2.24. The number of piperazine rings is 1. The lowest BCUT2D eigenvalue weighted by molar-refractivity contribution is -0.122. The first kappa shape index (κ1) is 23.4. The number of hydrogen-bond donors (Lipinski definition) is 1. The minimum atomic E-state index is 0.113. The van der Waals surface area contributed by atoms with Gasteiger partial charge in [0.15, 0.2) is 0 Å². The molecule has 31 heavy (non-hydrogen) atoms. The number of methoxy groups -OCH3 is 1. The van der Waals surface area contributed by atoms with Crippen LogP contribution in [0, 0.1) is 24.2 Å². The smallest absolute Gasteiger partial charge is 0.220 e. The fraction of sp³-hybridized carbons (Fsp3) is 0.680. The van der Waals surface area contributed by atoms with E-state index in [1.165, 1.54) is 37.1 Å². The van der Waals surface area contributed by atoms with Crippen LogP contribution in [-0.4, -0.2) is 56.7 Å². The molecule has 3 rings (SSSR count). The van der Waals surface area contributed by atoms with Gasteiger partial charge in [0.2, 0.25) is 5.91 Å². The lowest BCUT2D eigenvalue weighted by atomic mass is 9.84. The number of anilines is 1. The minimum absolute atomic E-state index is 0.113. The summed E-state index contributed by atoms with van der Waals surface area (Å²) in [4.78, 5) is 17.0. The molecule has 1 saturated heterocycles.